The smallest absolute Gasteiger partial charge is 0.475 e. The zero-order valence-corrected chi connectivity index (χ0v) is 17.1. The molecule has 3 N–H and O–H groups in total. The molecule has 0 amide bonds. The highest BCUT2D eigenvalue weighted by atomic mass is 19.4. The lowest BCUT2D eigenvalue weighted by molar-refractivity contribution is -0.192. The first-order valence-electron chi connectivity index (χ1n) is 9.59. The highest BCUT2D eigenvalue weighted by molar-refractivity contribution is 5.73. The maximum Gasteiger partial charge on any atom is 0.490 e. The second kappa shape index (κ2) is 14.4. The summed E-state index contributed by atoms with van der Waals surface area (Å²) in [5.41, 5.74) is 5.35. The van der Waals surface area contributed by atoms with Crippen LogP contribution in [-0.4, -0.2) is 61.8 Å². The van der Waals surface area contributed by atoms with Crippen molar-refractivity contribution in [2.75, 3.05) is 20.3 Å². The minimum atomic E-state index is -5.08. The lowest BCUT2D eigenvalue weighted by Crippen LogP contribution is -2.52. The number of esters is 1. The van der Waals surface area contributed by atoms with Crippen LogP contribution in [0.1, 0.15) is 46.0 Å². The molecule has 1 rings (SSSR count). The maximum absolute atomic E-state index is 11.6. The average molecular weight is 427 g/mol. The fourth-order valence-electron chi connectivity index (χ4n) is 2.75. The van der Waals surface area contributed by atoms with Gasteiger partial charge in [-0.15, -0.1) is 0 Å². The quantitative estimate of drug-likeness (QED) is 0.331. The molecule has 0 spiro atoms. The highest BCUT2D eigenvalue weighted by Gasteiger charge is 2.40. The number of unbranched alkanes of at least 4 members (excludes halogenated alkanes) is 4. The lowest BCUT2D eigenvalue weighted by atomic mass is 9.93. The Morgan fingerprint density at radius 2 is 1.86 bits per heavy atom. The number of nitrogens with two attached hydrogens (primary N) is 1. The molecule has 0 aromatic rings. The van der Waals surface area contributed by atoms with E-state index in [0.717, 1.165) is 6.42 Å². The van der Waals surface area contributed by atoms with E-state index in [1.807, 2.05) is 13.0 Å². The molecular formula is C19H32F3NO6. The third kappa shape index (κ3) is 11.2. The molecule has 1 saturated heterocycles. The summed E-state index contributed by atoms with van der Waals surface area (Å²) < 4.78 is 48.5. The van der Waals surface area contributed by atoms with Gasteiger partial charge in [-0.25, -0.2) is 4.79 Å². The van der Waals surface area contributed by atoms with Crippen LogP contribution in [0, 0.1) is 5.92 Å². The molecule has 0 saturated carbocycles. The zero-order valence-electron chi connectivity index (χ0n) is 17.1. The summed E-state index contributed by atoms with van der Waals surface area (Å²) >= 11 is 0. The summed E-state index contributed by atoms with van der Waals surface area (Å²) in [6.45, 7) is 4.70. The Bertz CT molecular complexity index is 513. The number of hydrogen-bond acceptors (Lipinski definition) is 6. The monoisotopic (exact) mass is 427 g/mol. The average Bonchev–Trinajstić information content (AvgIpc) is 2.65. The maximum atomic E-state index is 11.6. The molecule has 0 aromatic heterocycles. The summed E-state index contributed by atoms with van der Waals surface area (Å²) in [5.74, 6) is -3.01. The number of rotatable bonds is 9. The summed E-state index contributed by atoms with van der Waals surface area (Å²) in [5, 5.41) is 7.12. The van der Waals surface area contributed by atoms with E-state index in [-0.39, 0.29) is 24.7 Å². The van der Waals surface area contributed by atoms with E-state index in [2.05, 4.69) is 13.0 Å². The van der Waals surface area contributed by atoms with E-state index in [1.54, 1.807) is 7.11 Å². The fourth-order valence-corrected chi connectivity index (χ4v) is 2.75. The van der Waals surface area contributed by atoms with Gasteiger partial charge in [0.15, 0.2) is 6.10 Å². The lowest BCUT2D eigenvalue weighted by Gasteiger charge is -2.39. The molecule has 10 heteroatoms. The van der Waals surface area contributed by atoms with Gasteiger partial charge in [-0.05, 0) is 12.8 Å². The number of allylic oxidation sites excluding steroid dienone is 1. The van der Waals surface area contributed by atoms with Gasteiger partial charge in [0.2, 0.25) is 0 Å². The van der Waals surface area contributed by atoms with Crippen molar-refractivity contribution in [1.29, 1.82) is 0 Å². The molecule has 1 heterocycles. The van der Waals surface area contributed by atoms with Crippen molar-refractivity contribution in [1.82, 2.24) is 0 Å². The summed E-state index contributed by atoms with van der Waals surface area (Å²) in [4.78, 5) is 20.5. The van der Waals surface area contributed by atoms with Crippen LogP contribution in [0.15, 0.2) is 12.2 Å². The molecule has 0 radical (unpaired) electrons. The number of carbonyl (C=O) groups is 2. The normalized spacial score (nSPS) is 24.7. The number of ether oxygens (including phenoxy) is 3. The molecule has 0 unspecified atom stereocenters. The first kappa shape index (κ1) is 27.4. The van der Waals surface area contributed by atoms with Crippen LogP contribution in [0.4, 0.5) is 13.2 Å². The zero-order chi connectivity index (χ0) is 22.4. The van der Waals surface area contributed by atoms with Crippen molar-refractivity contribution in [2.45, 2.75) is 70.4 Å². The highest BCUT2D eigenvalue weighted by Crippen LogP contribution is 2.26. The molecule has 1 fully saturated rings. The number of aliphatic carboxylic acids is 1. The van der Waals surface area contributed by atoms with Crippen LogP contribution in [-0.2, 0) is 23.8 Å². The van der Waals surface area contributed by atoms with Gasteiger partial charge in [-0.1, -0.05) is 45.3 Å². The van der Waals surface area contributed by atoms with E-state index in [4.69, 9.17) is 29.8 Å². The number of carboxylic acid groups (broad SMARTS) is 1. The van der Waals surface area contributed by atoms with Crippen LogP contribution in [0.2, 0.25) is 0 Å². The SMILES string of the molecule is CCCCCCC=C[C@@H]1OC[C@H](C)[C@H](OC)[C@H]1OC(=O)CN.O=C(O)C(F)(F)F. The fraction of sp³-hybridized carbons (Fsp3) is 0.789. The first-order chi connectivity index (χ1) is 13.6. The number of carbonyl (C=O) groups excluding carboxylic acids is 1. The molecule has 1 aliphatic rings. The molecule has 0 aliphatic carbocycles. The Morgan fingerprint density at radius 3 is 2.34 bits per heavy atom. The van der Waals surface area contributed by atoms with Gasteiger partial charge < -0.3 is 25.1 Å². The largest absolute Gasteiger partial charge is 0.490 e. The van der Waals surface area contributed by atoms with Crippen molar-refractivity contribution >= 4 is 11.9 Å². The van der Waals surface area contributed by atoms with Crippen LogP contribution < -0.4 is 5.73 Å². The van der Waals surface area contributed by atoms with Crippen molar-refractivity contribution in [3.05, 3.63) is 12.2 Å². The van der Waals surface area contributed by atoms with Crippen LogP contribution in [0.3, 0.4) is 0 Å². The van der Waals surface area contributed by atoms with Crippen LogP contribution in [0.5, 0.6) is 0 Å². The predicted molar refractivity (Wildman–Crippen MR) is 100 cm³/mol. The van der Waals surface area contributed by atoms with Crippen molar-refractivity contribution in [3.63, 3.8) is 0 Å². The second-order valence-electron chi connectivity index (χ2n) is 6.71. The van der Waals surface area contributed by atoms with Gasteiger partial charge in [0, 0.05) is 13.0 Å². The molecule has 29 heavy (non-hydrogen) atoms. The molecule has 0 aromatic carbocycles. The standard InChI is InChI=1S/C17H31NO4.C2HF3O2/c1-4-5-6-7-8-9-10-14-17(22-15(19)11-18)16(20-3)13(2)12-21-14;3-2(4,5)1(6)7/h9-10,13-14,16-17H,4-8,11-12,18H2,1-3H3;(H,6,7)/t13-,14-,16-,17-;/m0./s1. The summed E-state index contributed by atoms with van der Waals surface area (Å²) in [6, 6.07) is 0. The van der Waals surface area contributed by atoms with Crippen LogP contribution in [0.25, 0.3) is 0 Å². The second-order valence-corrected chi connectivity index (χ2v) is 6.71. The van der Waals surface area contributed by atoms with E-state index < -0.39 is 24.2 Å². The van der Waals surface area contributed by atoms with Gasteiger partial charge in [-0.3, -0.25) is 4.79 Å². The van der Waals surface area contributed by atoms with E-state index >= 15 is 0 Å². The molecule has 7 nitrogen and oxygen atoms in total. The van der Waals surface area contributed by atoms with E-state index in [0.29, 0.717) is 6.61 Å². The van der Waals surface area contributed by atoms with Gasteiger partial charge in [0.05, 0.1) is 13.2 Å². The van der Waals surface area contributed by atoms with Crippen molar-refractivity contribution < 1.29 is 42.1 Å². The predicted octanol–water partition coefficient (Wildman–Crippen LogP) is 3.07. The van der Waals surface area contributed by atoms with Crippen molar-refractivity contribution in [3.8, 4) is 0 Å². The molecule has 1 aliphatic heterocycles. The topological polar surface area (TPSA) is 108 Å². The van der Waals surface area contributed by atoms with Crippen molar-refractivity contribution in [2.24, 2.45) is 11.7 Å². The minimum Gasteiger partial charge on any atom is -0.475 e. The Kier molecular flexibility index (Phi) is 13.5. The minimum absolute atomic E-state index is 0.130. The van der Waals surface area contributed by atoms with Gasteiger partial charge in [-0.2, -0.15) is 13.2 Å². The number of halogens is 3. The van der Waals surface area contributed by atoms with Gasteiger partial charge in [0.1, 0.15) is 12.2 Å². The first-order valence-corrected chi connectivity index (χ1v) is 9.59. The number of carboxylic acids is 1. The summed E-state index contributed by atoms with van der Waals surface area (Å²) in [6.07, 6.45) is 4.12. The molecule has 4 atom stereocenters. The molecular weight excluding hydrogens is 395 g/mol. The number of alkyl halides is 3. The molecule has 170 valence electrons. The van der Waals surface area contributed by atoms with Gasteiger partial charge >= 0.3 is 18.1 Å². The molecule has 0 bridgehead atoms. The Labute approximate surface area is 169 Å². The third-order valence-corrected chi connectivity index (χ3v) is 4.26. The number of hydrogen-bond donors (Lipinski definition) is 2. The Hall–Kier alpha value is -1.65. The van der Waals surface area contributed by atoms with E-state index in [1.165, 1.54) is 25.7 Å². The Morgan fingerprint density at radius 1 is 1.24 bits per heavy atom. The third-order valence-electron chi connectivity index (χ3n) is 4.26. The van der Waals surface area contributed by atoms with Gasteiger partial charge in [0.25, 0.3) is 0 Å². The van der Waals surface area contributed by atoms with E-state index in [9.17, 15) is 18.0 Å². The number of methoxy groups -OCH3 is 1. The Balaban J connectivity index is 0.000000956. The van der Waals surface area contributed by atoms with Crippen LogP contribution >= 0.6 is 0 Å². The summed E-state index contributed by atoms with van der Waals surface area (Å²) in [7, 11) is 1.64.